The molecule has 1 aliphatic carbocycles. The molecule has 1 aromatic heterocycles. The first-order chi connectivity index (χ1) is 13.6. The molecule has 2 aromatic carbocycles. The van der Waals surface area contributed by atoms with Crippen LogP contribution in [0, 0.1) is 11.3 Å². The third-order valence-corrected chi connectivity index (χ3v) is 6.28. The molecular weight excluding hydrogens is 348 g/mol. The van der Waals surface area contributed by atoms with Crippen molar-refractivity contribution in [1.29, 1.82) is 0 Å². The van der Waals surface area contributed by atoms with E-state index in [1.807, 2.05) is 25.8 Å². The molecule has 4 heteroatoms. The van der Waals surface area contributed by atoms with Gasteiger partial charge in [-0.3, -0.25) is 0 Å². The van der Waals surface area contributed by atoms with E-state index in [0.717, 1.165) is 19.4 Å². The van der Waals surface area contributed by atoms with Gasteiger partial charge in [-0.2, -0.15) is 0 Å². The third kappa shape index (κ3) is 3.85. The van der Waals surface area contributed by atoms with Crippen LogP contribution in [-0.2, 0) is 22.6 Å². The van der Waals surface area contributed by atoms with Crippen molar-refractivity contribution in [2.45, 2.75) is 52.0 Å². The Morgan fingerprint density at radius 3 is 2.75 bits per heavy atom. The van der Waals surface area contributed by atoms with Gasteiger partial charge in [-0.15, -0.1) is 0 Å². The lowest BCUT2D eigenvalue weighted by Gasteiger charge is -2.47. The lowest BCUT2D eigenvalue weighted by atomic mass is 9.68. The summed E-state index contributed by atoms with van der Waals surface area (Å²) in [4.78, 5) is 4.21. The predicted molar refractivity (Wildman–Crippen MR) is 112 cm³/mol. The molecule has 0 radical (unpaired) electrons. The molecule has 1 aliphatic rings. The molecule has 4 nitrogen and oxygen atoms in total. The summed E-state index contributed by atoms with van der Waals surface area (Å²) in [6.45, 7) is 6.11. The molecule has 28 heavy (non-hydrogen) atoms. The molecule has 0 spiro atoms. The van der Waals surface area contributed by atoms with Crippen LogP contribution in [-0.4, -0.2) is 28.9 Å². The Hall–Kier alpha value is -2.17. The highest BCUT2D eigenvalue weighted by atomic mass is 16.5. The van der Waals surface area contributed by atoms with Crippen molar-refractivity contribution >= 4 is 10.8 Å². The number of rotatable bonds is 6. The van der Waals surface area contributed by atoms with Crippen molar-refractivity contribution in [1.82, 2.24) is 9.55 Å². The van der Waals surface area contributed by atoms with Gasteiger partial charge in [0.2, 0.25) is 0 Å². The van der Waals surface area contributed by atoms with E-state index in [-0.39, 0.29) is 23.5 Å². The smallest absolute Gasteiger partial charge is 0.0946 e. The van der Waals surface area contributed by atoms with Gasteiger partial charge in [0.05, 0.1) is 25.1 Å². The van der Waals surface area contributed by atoms with Crippen molar-refractivity contribution in [3.63, 3.8) is 0 Å². The average Bonchev–Trinajstić information content (AvgIpc) is 3.20. The first kappa shape index (κ1) is 19.2. The molecule has 1 heterocycles. The van der Waals surface area contributed by atoms with Crippen molar-refractivity contribution in [3.05, 3.63) is 66.7 Å². The maximum atomic E-state index is 6.55. The van der Waals surface area contributed by atoms with E-state index >= 15 is 0 Å². The number of hydrogen-bond donors (Lipinski definition) is 0. The van der Waals surface area contributed by atoms with Crippen LogP contribution in [0.5, 0.6) is 0 Å². The molecule has 148 valence electrons. The Morgan fingerprint density at radius 1 is 1.14 bits per heavy atom. The third-order valence-electron chi connectivity index (χ3n) is 6.28. The zero-order chi connectivity index (χ0) is 19.6. The summed E-state index contributed by atoms with van der Waals surface area (Å²) in [7, 11) is 1.83. The molecule has 0 amide bonds. The minimum Gasteiger partial charge on any atom is -0.380 e. The van der Waals surface area contributed by atoms with Gasteiger partial charge < -0.3 is 14.0 Å². The minimum absolute atomic E-state index is 0.138. The van der Waals surface area contributed by atoms with E-state index in [9.17, 15) is 0 Å². The second kappa shape index (κ2) is 8.06. The van der Waals surface area contributed by atoms with E-state index in [2.05, 4.69) is 65.9 Å². The van der Waals surface area contributed by atoms with Gasteiger partial charge >= 0.3 is 0 Å². The highest BCUT2D eigenvalue weighted by Gasteiger charge is 2.45. The SMILES string of the molecule is CO[C@@H]1[C@H](Cn2ccnc2)[C@H](OCc2cccc3ccccc23)CCC1(C)C. The highest BCUT2D eigenvalue weighted by molar-refractivity contribution is 5.85. The van der Waals surface area contributed by atoms with E-state index in [4.69, 9.17) is 9.47 Å². The average molecular weight is 379 g/mol. The Kier molecular flexibility index (Phi) is 5.51. The summed E-state index contributed by atoms with van der Waals surface area (Å²) < 4.78 is 14.7. The van der Waals surface area contributed by atoms with Gasteiger partial charge in [0.1, 0.15) is 0 Å². The number of benzene rings is 2. The zero-order valence-corrected chi connectivity index (χ0v) is 17.0. The van der Waals surface area contributed by atoms with Crippen LogP contribution in [0.2, 0.25) is 0 Å². The van der Waals surface area contributed by atoms with Crippen molar-refractivity contribution in [3.8, 4) is 0 Å². The fraction of sp³-hybridized carbons (Fsp3) is 0.458. The molecule has 4 rings (SSSR count). The van der Waals surface area contributed by atoms with Crippen LogP contribution in [0.15, 0.2) is 61.2 Å². The van der Waals surface area contributed by atoms with Crippen molar-refractivity contribution in [2.75, 3.05) is 7.11 Å². The van der Waals surface area contributed by atoms with Gasteiger partial charge in [-0.25, -0.2) is 4.98 Å². The van der Waals surface area contributed by atoms with Crippen LogP contribution in [0.1, 0.15) is 32.3 Å². The summed E-state index contributed by atoms with van der Waals surface area (Å²) in [6, 6.07) is 15.0. The molecule has 1 fully saturated rings. The second-order valence-corrected chi connectivity index (χ2v) is 8.59. The molecule has 0 aliphatic heterocycles. The summed E-state index contributed by atoms with van der Waals surface area (Å²) in [5, 5.41) is 2.54. The van der Waals surface area contributed by atoms with Gasteiger partial charge in [-0.05, 0) is 34.6 Å². The van der Waals surface area contributed by atoms with Crippen LogP contribution in [0.3, 0.4) is 0 Å². The molecule has 1 saturated carbocycles. The number of methoxy groups -OCH3 is 1. The normalized spacial score (nSPS) is 24.5. The molecular formula is C24H30N2O2. The van der Waals surface area contributed by atoms with E-state index in [0.29, 0.717) is 6.61 Å². The molecule has 3 atom stereocenters. The summed E-state index contributed by atoms with van der Waals surface area (Å²) in [5.74, 6) is 0.290. The fourth-order valence-electron chi connectivity index (χ4n) is 4.81. The van der Waals surface area contributed by atoms with Gasteiger partial charge in [0, 0.05) is 32.0 Å². The maximum Gasteiger partial charge on any atom is 0.0946 e. The van der Waals surface area contributed by atoms with Crippen LogP contribution >= 0.6 is 0 Å². The summed E-state index contributed by atoms with van der Waals surface area (Å²) in [6.07, 6.45) is 8.22. The largest absolute Gasteiger partial charge is 0.380 e. The van der Waals surface area contributed by atoms with Crippen LogP contribution in [0.25, 0.3) is 10.8 Å². The monoisotopic (exact) mass is 378 g/mol. The summed E-state index contributed by atoms with van der Waals surface area (Å²) in [5.41, 5.74) is 1.39. The Bertz CT molecular complexity index is 899. The lowest BCUT2D eigenvalue weighted by molar-refractivity contribution is -0.139. The molecule has 0 unspecified atom stereocenters. The number of fused-ring (bicyclic) bond motifs is 1. The maximum absolute atomic E-state index is 6.55. The molecule has 0 bridgehead atoms. The Morgan fingerprint density at radius 2 is 1.96 bits per heavy atom. The number of aromatic nitrogens is 2. The zero-order valence-electron chi connectivity index (χ0n) is 17.0. The van der Waals surface area contributed by atoms with Crippen LogP contribution in [0.4, 0.5) is 0 Å². The quantitative estimate of drug-likeness (QED) is 0.601. The first-order valence-corrected chi connectivity index (χ1v) is 10.2. The topological polar surface area (TPSA) is 36.3 Å². The lowest BCUT2D eigenvalue weighted by Crippen LogP contribution is -2.50. The Labute approximate surface area is 167 Å². The number of ether oxygens (including phenoxy) is 2. The summed E-state index contributed by atoms with van der Waals surface area (Å²) >= 11 is 0. The van der Waals surface area contributed by atoms with E-state index in [1.54, 1.807) is 0 Å². The minimum atomic E-state index is 0.138. The number of nitrogens with zero attached hydrogens (tertiary/aromatic N) is 2. The second-order valence-electron chi connectivity index (χ2n) is 8.59. The Balaban J connectivity index is 1.55. The molecule has 3 aromatic rings. The van der Waals surface area contributed by atoms with Gasteiger partial charge in [-0.1, -0.05) is 56.3 Å². The van der Waals surface area contributed by atoms with Gasteiger partial charge in [0.25, 0.3) is 0 Å². The standard InChI is InChI=1S/C24H30N2O2/c1-24(2)12-11-22(21(23(24)27-3)15-26-14-13-25-17-26)28-16-19-9-6-8-18-7-4-5-10-20(18)19/h4-10,13-14,17,21-23H,11-12,15-16H2,1-3H3/t21-,22-,23-/m1/s1. The van der Waals surface area contributed by atoms with E-state index < -0.39 is 0 Å². The first-order valence-electron chi connectivity index (χ1n) is 10.2. The number of hydrogen-bond acceptors (Lipinski definition) is 3. The van der Waals surface area contributed by atoms with Crippen molar-refractivity contribution in [2.24, 2.45) is 11.3 Å². The highest BCUT2D eigenvalue weighted by Crippen LogP contribution is 2.43. The van der Waals surface area contributed by atoms with Gasteiger partial charge in [0.15, 0.2) is 0 Å². The fourth-order valence-corrected chi connectivity index (χ4v) is 4.81. The predicted octanol–water partition coefficient (Wildman–Crippen LogP) is 5.07. The van der Waals surface area contributed by atoms with Crippen LogP contribution < -0.4 is 0 Å². The van der Waals surface area contributed by atoms with E-state index in [1.165, 1.54) is 16.3 Å². The molecule has 0 saturated heterocycles. The molecule has 0 N–H and O–H groups in total. The number of imidazole rings is 1. The van der Waals surface area contributed by atoms with Crippen molar-refractivity contribution < 1.29 is 9.47 Å².